The van der Waals surface area contributed by atoms with Crippen LogP contribution in [0.4, 0.5) is 0 Å². The molecule has 0 spiro atoms. The molecule has 2 rings (SSSR count). The zero-order valence-corrected chi connectivity index (χ0v) is 12.0. The second-order valence-electron chi connectivity index (χ2n) is 4.21. The molecule has 0 aromatic heterocycles. The number of hydrogen-bond donors (Lipinski definition) is 0. The highest BCUT2D eigenvalue weighted by atomic mass is 79.9. The van der Waals surface area contributed by atoms with Gasteiger partial charge in [0.05, 0.1) is 0 Å². The van der Waals surface area contributed by atoms with Crippen LogP contribution in [0.3, 0.4) is 0 Å². The first-order chi connectivity index (χ1) is 8.15. The zero-order chi connectivity index (χ0) is 12.3. The summed E-state index contributed by atoms with van der Waals surface area (Å²) in [5, 5.41) is 0.787. The molecule has 0 aliphatic carbocycles. The summed E-state index contributed by atoms with van der Waals surface area (Å²) in [6, 6.07) is 16.7. The van der Waals surface area contributed by atoms with Gasteiger partial charge < -0.3 is 0 Å². The normalized spacial score (nSPS) is 12.4. The summed E-state index contributed by atoms with van der Waals surface area (Å²) in [6.45, 7) is 2.10. The average Bonchev–Trinajstić information content (AvgIpc) is 2.33. The van der Waals surface area contributed by atoms with Gasteiger partial charge in [-0.15, -0.1) is 0 Å². The zero-order valence-electron chi connectivity index (χ0n) is 9.66. The maximum Gasteiger partial charge on any atom is 0.0435 e. The third-order valence-electron chi connectivity index (χ3n) is 2.77. The van der Waals surface area contributed by atoms with Crippen LogP contribution in [-0.4, -0.2) is 0 Å². The van der Waals surface area contributed by atoms with Gasteiger partial charge in [-0.05, 0) is 36.6 Å². The summed E-state index contributed by atoms with van der Waals surface area (Å²) in [6.07, 6.45) is 0.972. The van der Waals surface area contributed by atoms with Crippen molar-refractivity contribution in [2.45, 2.75) is 18.2 Å². The molecule has 1 atom stereocenters. The van der Waals surface area contributed by atoms with Gasteiger partial charge in [-0.2, -0.15) is 0 Å². The number of benzene rings is 2. The summed E-state index contributed by atoms with van der Waals surface area (Å²) in [7, 11) is 0. The van der Waals surface area contributed by atoms with E-state index in [0.717, 1.165) is 11.4 Å². The fourth-order valence-corrected chi connectivity index (χ4v) is 2.53. The van der Waals surface area contributed by atoms with E-state index in [0.29, 0.717) is 4.83 Å². The second kappa shape index (κ2) is 5.70. The molecule has 1 unspecified atom stereocenters. The van der Waals surface area contributed by atoms with Crippen molar-refractivity contribution in [3.63, 3.8) is 0 Å². The molecule has 0 saturated heterocycles. The summed E-state index contributed by atoms with van der Waals surface area (Å²) >= 11 is 9.60. The van der Waals surface area contributed by atoms with Crippen LogP contribution in [0.5, 0.6) is 0 Å². The lowest BCUT2D eigenvalue weighted by Gasteiger charge is -2.10. The van der Waals surface area contributed by atoms with Crippen molar-refractivity contribution in [1.82, 2.24) is 0 Å². The Hall–Kier alpha value is -0.790. The standard InChI is InChI=1S/C15H14BrCl/c1-11-2-6-13(7-3-11)15(16)10-12-4-8-14(17)9-5-12/h2-9,15H,10H2,1H3. The van der Waals surface area contributed by atoms with Crippen molar-refractivity contribution in [3.05, 3.63) is 70.2 Å². The number of aryl methyl sites for hydroxylation is 1. The van der Waals surface area contributed by atoms with Crippen molar-refractivity contribution in [1.29, 1.82) is 0 Å². The lowest BCUT2D eigenvalue weighted by Crippen LogP contribution is -1.95. The Kier molecular flexibility index (Phi) is 4.25. The van der Waals surface area contributed by atoms with E-state index in [4.69, 9.17) is 11.6 Å². The fraction of sp³-hybridized carbons (Fsp3) is 0.200. The van der Waals surface area contributed by atoms with E-state index >= 15 is 0 Å². The van der Waals surface area contributed by atoms with Crippen LogP contribution < -0.4 is 0 Å². The molecule has 0 bridgehead atoms. The highest BCUT2D eigenvalue weighted by Crippen LogP contribution is 2.27. The smallest absolute Gasteiger partial charge is 0.0435 e. The van der Waals surface area contributed by atoms with Crippen LogP contribution in [0.2, 0.25) is 5.02 Å². The first-order valence-electron chi connectivity index (χ1n) is 5.60. The third-order valence-corrected chi connectivity index (χ3v) is 3.87. The number of hydrogen-bond acceptors (Lipinski definition) is 0. The van der Waals surface area contributed by atoms with Gasteiger partial charge in [0, 0.05) is 9.85 Å². The molecule has 0 radical (unpaired) electrons. The maximum atomic E-state index is 5.87. The molecular weight excluding hydrogens is 296 g/mol. The van der Waals surface area contributed by atoms with Gasteiger partial charge in [0.15, 0.2) is 0 Å². The maximum absolute atomic E-state index is 5.87. The van der Waals surface area contributed by atoms with Gasteiger partial charge in [-0.3, -0.25) is 0 Å². The van der Waals surface area contributed by atoms with Crippen molar-refractivity contribution in [3.8, 4) is 0 Å². The minimum absolute atomic E-state index is 0.351. The van der Waals surface area contributed by atoms with Gasteiger partial charge in [-0.1, -0.05) is 69.5 Å². The lowest BCUT2D eigenvalue weighted by atomic mass is 10.0. The Morgan fingerprint density at radius 1 is 1.00 bits per heavy atom. The van der Waals surface area contributed by atoms with Crippen molar-refractivity contribution in [2.24, 2.45) is 0 Å². The Balaban J connectivity index is 2.08. The molecule has 2 heteroatoms. The van der Waals surface area contributed by atoms with Crippen LogP contribution in [0.1, 0.15) is 21.5 Å². The summed E-state index contributed by atoms with van der Waals surface area (Å²) < 4.78 is 0. The highest BCUT2D eigenvalue weighted by Gasteiger charge is 2.08. The Labute approximate surface area is 116 Å². The minimum atomic E-state index is 0.351. The molecule has 0 nitrogen and oxygen atoms in total. The van der Waals surface area contributed by atoms with E-state index in [1.165, 1.54) is 16.7 Å². The minimum Gasteiger partial charge on any atom is -0.0843 e. The molecule has 0 aliphatic heterocycles. The SMILES string of the molecule is Cc1ccc(C(Br)Cc2ccc(Cl)cc2)cc1. The van der Waals surface area contributed by atoms with Gasteiger partial charge in [0.1, 0.15) is 0 Å². The first kappa shape index (κ1) is 12.7. The number of alkyl halides is 1. The quantitative estimate of drug-likeness (QED) is 0.672. The molecule has 0 heterocycles. The predicted octanol–water partition coefficient (Wildman–Crippen LogP) is 5.33. The van der Waals surface area contributed by atoms with Gasteiger partial charge >= 0.3 is 0 Å². The third kappa shape index (κ3) is 3.58. The molecule has 2 aromatic carbocycles. The molecule has 0 N–H and O–H groups in total. The predicted molar refractivity (Wildman–Crippen MR) is 78.0 cm³/mol. The molecule has 0 aliphatic rings. The molecule has 2 aromatic rings. The first-order valence-corrected chi connectivity index (χ1v) is 6.89. The van der Waals surface area contributed by atoms with Gasteiger partial charge in [0.25, 0.3) is 0 Å². The number of halogens is 2. The van der Waals surface area contributed by atoms with E-state index in [-0.39, 0.29) is 0 Å². The summed E-state index contributed by atoms with van der Waals surface area (Å²) in [4.78, 5) is 0.351. The van der Waals surface area contributed by atoms with Crippen molar-refractivity contribution >= 4 is 27.5 Å². The van der Waals surface area contributed by atoms with E-state index in [1.807, 2.05) is 12.1 Å². The van der Waals surface area contributed by atoms with Gasteiger partial charge in [-0.25, -0.2) is 0 Å². The van der Waals surface area contributed by atoms with Crippen LogP contribution in [0.25, 0.3) is 0 Å². The largest absolute Gasteiger partial charge is 0.0843 e. The fourth-order valence-electron chi connectivity index (χ4n) is 1.72. The molecule has 0 fully saturated rings. The molecule has 17 heavy (non-hydrogen) atoms. The van der Waals surface area contributed by atoms with E-state index < -0.39 is 0 Å². The monoisotopic (exact) mass is 308 g/mol. The van der Waals surface area contributed by atoms with Crippen LogP contribution in [-0.2, 0) is 6.42 Å². The molecular formula is C15H14BrCl. The van der Waals surface area contributed by atoms with Gasteiger partial charge in [0.2, 0.25) is 0 Å². The average molecular weight is 310 g/mol. The summed E-state index contributed by atoms with van der Waals surface area (Å²) in [5.74, 6) is 0. The Morgan fingerprint density at radius 3 is 2.18 bits per heavy atom. The van der Waals surface area contributed by atoms with E-state index in [1.54, 1.807) is 0 Å². The molecule has 88 valence electrons. The second-order valence-corrected chi connectivity index (χ2v) is 5.75. The Bertz CT molecular complexity index is 473. The van der Waals surface area contributed by atoms with E-state index in [9.17, 15) is 0 Å². The topological polar surface area (TPSA) is 0 Å². The number of rotatable bonds is 3. The van der Waals surface area contributed by atoms with Crippen molar-refractivity contribution < 1.29 is 0 Å². The van der Waals surface area contributed by atoms with E-state index in [2.05, 4.69) is 59.3 Å². The van der Waals surface area contributed by atoms with Crippen LogP contribution in [0.15, 0.2) is 48.5 Å². The van der Waals surface area contributed by atoms with Crippen molar-refractivity contribution in [2.75, 3.05) is 0 Å². The Morgan fingerprint density at radius 2 is 1.59 bits per heavy atom. The molecule has 0 amide bonds. The van der Waals surface area contributed by atoms with Crippen LogP contribution in [0, 0.1) is 6.92 Å². The lowest BCUT2D eigenvalue weighted by molar-refractivity contribution is 0.948. The highest BCUT2D eigenvalue weighted by molar-refractivity contribution is 9.09. The van der Waals surface area contributed by atoms with Crippen LogP contribution >= 0.6 is 27.5 Å². The summed E-state index contributed by atoms with van der Waals surface area (Å²) in [5.41, 5.74) is 3.89. The molecule has 0 saturated carbocycles.